The average Bonchev–Trinajstić information content (AvgIpc) is 2.62. The van der Waals surface area contributed by atoms with Crippen LogP contribution in [0.5, 0.6) is 0 Å². The minimum atomic E-state index is -4.70. The summed E-state index contributed by atoms with van der Waals surface area (Å²) < 4.78 is 25.5. The van der Waals surface area contributed by atoms with E-state index in [9.17, 15) is 14.2 Å². The lowest BCUT2D eigenvalue weighted by Crippen LogP contribution is -2.29. The monoisotopic (exact) mass is 424 g/mol. The van der Waals surface area contributed by atoms with Gasteiger partial charge >= 0.3 is 19.8 Å². The Bertz CT molecular complexity index is 463. The number of hydrogen-bond donors (Lipinski definition) is 2. The van der Waals surface area contributed by atoms with Crippen LogP contribution in [0.2, 0.25) is 0 Å². The van der Waals surface area contributed by atoms with Crippen molar-refractivity contribution in [3.63, 3.8) is 0 Å². The summed E-state index contributed by atoms with van der Waals surface area (Å²) in [4.78, 5) is 41.3. The van der Waals surface area contributed by atoms with Crippen LogP contribution in [0.1, 0.15) is 90.9 Å². The van der Waals surface area contributed by atoms with E-state index in [0.29, 0.717) is 12.8 Å². The smallest absolute Gasteiger partial charge is 0.462 e. The maximum absolute atomic E-state index is 12.0. The molecule has 0 aromatic carbocycles. The van der Waals surface area contributed by atoms with Crippen LogP contribution in [0.25, 0.3) is 0 Å². The first-order valence-electron chi connectivity index (χ1n) is 10.3. The number of phosphoric ester groups is 1. The summed E-state index contributed by atoms with van der Waals surface area (Å²) in [6.07, 6.45) is 9.45. The molecule has 0 amide bonds. The Balaban J connectivity index is 4.22. The van der Waals surface area contributed by atoms with Crippen LogP contribution in [0, 0.1) is 0 Å². The number of phosphoric acid groups is 1. The molecule has 1 atom stereocenters. The van der Waals surface area contributed by atoms with E-state index in [1.54, 1.807) is 0 Å². The molecule has 0 fully saturated rings. The molecule has 166 valence electrons. The zero-order valence-electron chi connectivity index (χ0n) is 17.3. The van der Waals surface area contributed by atoms with Crippen LogP contribution in [-0.4, -0.2) is 41.0 Å². The minimum Gasteiger partial charge on any atom is -0.462 e. The summed E-state index contributed by atoms with van der Waals surface area (Å²) in [7, 11) is -4.70. The van der Waals surface area contributed by atoms with Crippen molar-refractivity contribution in [2.24, 2.45) is 0 Å². The van der Waals surface area contributed by atoms with Gasteiger partial charge in [-0.15, -0.1) is 0 Å². The molecule has 1 unspecified atom stereocenters. The fourth-order valence-electron chi connectivity index (χ4n) is 2.55. The molecule has 0 aromatic heterocycles. The zero-order chi connectivity index (χ0) is 21.3. The van der Waals surface area contributed by atoms with Crippen molar-refractivity contribution in [2.45, 2.75) is 97.0 Å². The van der Waals surface area contributed by atoms with Crippen LogP contribution in [0.15, 0.2) is 0 Å². The van der Waals surface area contributed by atoms with Gasteiger partial charge in [0.05, 0.1) is 6.61 Å². The number of esters is 2. The second-order valence-corrected chi connectivity index (χ2v) is 8.15. The van der Waals surface area contributed by atoms with Crippen molar-refractivity contribution >= 4 is 19.8 Å². The molecular weight excluding hydrogens is 387 g/mol. The van der Waals surface area contributed by atoms with E-state index in [4.69, 9.17) is 19.3 Å². The summed E-state index contributed by atoms with van der Waals surface area (Å²) >= 11 is 0. The molecule has 0 heterocycles. The van der Waals surface area contributed by atoms with Gasteiger partial charge in [-0.05, 0) is 12.8 Å². The van der Waals surface area contributed by atoms with E-state index in [1.807, 2.05) is 6.92 Å². The Labute approximate surface area is 168 Å². The molecule has 0 spiro atoms. The van der Waals surface area contributed by atoms with Crippen LogP contribution in [0.4, 0.5) is 0 Å². The molecule has 9 heteroatoms. The second kappa shape index (κ2) is 17.0. The van der Waals surface area contributed by atoms with Gasteiger partial charge in [-0.1, -0.05) is 65.2 Å². The highest BCUT2D eigenvalue weighted by Crippen LogP contribution is 2.35. The average molecular weight is 424 g/mol. The van der Waals surface area contributed by atoms with Gasteiger partial charge in [0.2, 0.25) is 0 Å². The van der Waals surface area contributed by atoms with Crippen molar-refractivity contribution in [3.05, 3.63) is 0 Å². The minimum absolute atomic E-state index is 0.213. The molecule has 0 rings (SSSR count). The van der Waals surface area contributed by atoms with Gasteiger partial charge in [0.15, 0.2) is 6.10 Å². The molecule has 2 N–H and O–H groups in total. The lowest BCUT2D eigenvalue weighted by molar-refractivity contribution is -0.161. The van der Waals surface area contributed by atoms with E-state index in [-0.39, 0.29) is 19.4 Å². The number of carbonyl (C=O) groups excluding carboxylic acids is 2. The highest BCUT2D eigenvalue weighted by Gasteiger charge is 2.22. The molecule has 0 aromatic rings. The first-order chi connectivity index (χ1) is 13.3. The molecule has 28 heavy (non-hydrogen) atoms. The van der Waals surface area contributed by atoms with Crippen LogP contribution >= 0.6 is 7.82 Å². The maximum atomic E-state index is 12.0. The van der Waals surface area contributed by atoms with E-state index >= 15 is 0 Å². The molecule has 0 saturated carbocycles. The summed E-state index contributed by atoms with van der Waals surface area (Å²) in [6.45, 7) is 3.36. The Morgan fingerprint density at radius 3 is 1.89 bits per heavy atom. The SMILES string of the molecule is CCCCCCCCCC(=O)OC(COC(=O)CCCCC)COP(=O)(O)O. The fourth-order valence-corrected chi connectivity index (χ4v) is 2.91. The molecule has 0 aliphatic rings. The lowest BCUT2D eigenvalue weighted by Gasteiger charge is -2.18. The predicted molar refractivity (Wildman–Crippen MR) is 106 cm³/mol. The number of hydrogen-bond acceptors (Lipinski definition) is 6. The Morgan fingerprint density at radius 1 is 0.786 bits per heavy atom. The molecule has 8 nitrogen and oxygen atoms in total. The summed E-state index contributed by atoms with van der Waals surface area (Å²) in [5.74, 6) is -0.923. The van der Waals surface area contributed by atoms with Gasteiger partial charge in [-0.25, -0.2) is 4.57 Å². The van der Waals surface area contributed by atoms with Crippen LogP contribution in [0.3, 0.4) is 0 Å². The predicted octanol–water partition coefficient (Wildman–Crippen LogP) is 4.27. The van der Waals surface area contributed by atoms with Crippen LogP contribution < -0.4 is 0 Å². The largest absolute Gasteiger partial charge is 0.469 e. The quantitative estimate of drug-likeness (QED) is 0.190. The van der Waals surface area contributed by atoms with Crippen molar-refractivity contribution in [3.8, 4) is 0 Å². The molecule has 0 aliphatic heterocycles. The Hall–Kier alpha value is -0.950. The topological polar surface area (TPSA) is 119 Å². The van der Waals surface area contributed by atoms with Crippen LogP contribution in [-0.2, 0) is 28.2 Å². The van der Waals surface area contributed by atoms with E-state index in [1.165, 1.54) is 19.3 Å². The van der Waals surface area contributed by atoms with E-state index < -0.39 is 32.5 Å². The summed E-state index contributed by atoms with van der Waals surface area (Å²) in [6, 6.07) is 0. The Kier molecular flexibility index (Phi) is 16.4. The van der Waals surface area contributed by atoms with E-state index in [2.05, 4.69) is 11.4 Å². The van der Waals surface area contributed by atoms with Crippen molar-refractivity contribution in [1.82, 2.24) is 0 Å². The van der Waals surface area contributed by atoms with Gasteiger partial charge in [-0.3, -0.25) is 14.1 Å². The number of unbranched alkanes of at least 4 members (excludes halogenated alkanes) is 8. The van der Waals surface area contributed by atoms with Gasteiger partial charge in [0.25, 0.3) is 0 Å². The number of carbonyl (C=O) groups is 2. The van der Waals surface area contributed by atoms with Crippen molar-refractivity contribution in [1.29, 1.82) is 0 Å². The van der Waals surface area contributed by atoms with Gasteiger partial charge < -0.3 is 19.3 Å². The highest BCUT2D eigenvalue weighted by molar-refractivity contribution is 7.46. The second-order valence-electron chi connectivity index (χ2n) is 6.91. The molecule has 0 aliphatic carbocycles. The Morgan fingerprint density at radius 2 is 1.29 bits per heavy atom. The first kappa shape index (κ1) is 27.0. The van der Waals surface area contributed by atoms with E-state index in [0.717, 1.165) is 32.1 Å². The maximum Gasteiger partial charge on any atom is 0.469 e. The lowest BCUT2D eigenvalue weighted by atomic mass is 10.1. The number of ether oxygens (including phenoxy) is 2. The van der Waals surface area contributed by atoms with Crippen molar-refractivity contribution < 1.29 is 37.9 Å². The first-order valence-corrected chi connectivity index (χ1v) is 11.9. The standard InChI is InChI=1S/C19H37O8P/c1-3-5-7-8-9-10-12-14-19(21)27-17(16-26-28(22,23)24)15-25-18(20)13-11-6-4-2/h17H,3-16H2,1-2H3,(H2,22,23,24). The van der Waals surface area contributed by atoms with Gasteiger partial charge in [0.1, 0.15) is 6.61 Å². The highest BCUT2D eigenvalue weighted by atomic mass is 31.2. The van der Waals surface area contributed by atoms with Crippen molar-refractivity contribution in [2.75, 3.05) is 13.2 Å². The summed E-state index contributed by atoms with van der Waals surface area (Å²) in [5.41, 5.74) is 0. The molecule has 0 saturated heterocycles. The summed E-state index contributed by atoms with van der Waals surface area (Å²) in [5, 5.41) is 0. The fraction of sp³-hybridized carbons (Fsp3) is 0.895. The third-order valence-electron chi connectivity index (χ3n) is 4.13. The number of rotatable bonds is 18. The zero-order valence-corrected chi connectivity index (χ0v) is 18.2. The normalized spacial score (nSPS) is 12.6. The van der Waals surface area contributed by atoms with Gasteiger partial charge in [0, 0.05) is 12.8 Å². The molecular formula is C19H37O8P. The molecule has 0 radical (unpaired) electrons. The third-order valence-corrected chi connectivity index (χ3v) is 4.61. The molecule has 0 bridgehead atoms. The third kappa shape index (κ3) is 18.4. The van der Waals surface area contributed by atoms with Gasteiger partial charge in [-0.2, -0.15) is 0 Å².